The molecule has 0 heterocycles. The van der Waals surface area contributed by atoms with Crippen molar-refractivity contribution in [2.45, 2.75) is 12.4 Å². The highest BCUT2D eigenvalue weighted by Gasteiger charge is 2.05. The Labute approximate surface area is 122 Å². The van der Waals surface area contributed by atoms with Gasteiger partial charge in [0.1, 0.15) is 0 Å². The van der Waals surface area contributed by atoms with Gasteiger partial charge in [0, 0.05) is 18.0 Å². The van der Waals surface area contributed by atoms with Gasteiger partial charge >= 0.3 is 0 Å². The van der Waals surface area contributed by atoms with Crippen molar-refractivity contribution in [3.63, 3.8) is 0 Å². The number of hydrogen-bond donors (Lipinski definition) is 1. The number of amides is 1. The van der Waals surface area contributed by atoms with Crippen LogP contribution in [0.1, 0.15) is 27.0 Å². The van der Waals surface area contributed by atoms with E-state index in [-0.39, 0.29) is 5.91 Å². The molecule has 100 valence electrons. The van der Waals surface area contributed by atoms with Crippen molar-refractivity contribution in [1.29, 1.82) is 5.26 Å². The highest BCUT2D eigenvalue weighted by Crippen LogP contribution is 2.08. The van der Waals surface area contributed by atoms with E-state index >= 15 is 0 Å². The Morgan fingerprint density at radius 3 is 2.50 bits per heavy atom. The molecule has 4 heteroatoms. The Hall–Kier alpha value is -2.31. The van der Waals surface area contributed by atoms with Crippen molar-refractivity contribution in [3.8, 4) is 6.07 Å². The zero-order valence-electron chi connectivity index (χ0n) is 10.8. The Kier molecular flexibility index (Phi) is 4.75. The lowest BCUT2D eigenvalue weighted by atomic mass is 10.1. The summed E-state index contributed by atoms with van der Waals surface area (Å²) in [4.78, 5) is 12.0. The number of carbonyl (C=O) groups excluding carboxylic acids is 1. The summed E-state index contributed by atoms with van der Waals surface area (Å²) in [6.45, 7) is 0.443. The van der Waals surface area contributed by atoms with Gasteiger partial charge in [-0.15, -0.1) is 11.6 Å². The Bertz CT molecular complexity index is 644. The van der Waals surface area contributed by atoms with Crippen molar-refractivity contribution in [3.05, 3.63) is 70.8 Å². The van der Waals surface area contributed by atoms with Crippen LogP contribution in [0.15, 0.2) is 48.5 Å². The molecule has 0 unspecified atom stereocenters. The first-order valence-corrected chi connectivity index (χ1v) is 6.68. The smallest absolute Gasteiger partial charge is 0.251 e. The molecule has 0 aliphatic rings. The fourth-order valence-corrected chi connectivity index (χ4v) is 1.94. The number of alkyl halides is 1. The lowest BCUT2D eigenvalue weighted by Gasteiger charge is -2.06. The maximum absolute atomic E-state index is 12.0. The van der Waals surface area contributed by atoms with Gasteiger partial charge in [0.05, 0.1) is 11.6 Å². The highest BCUT2D eigenvalue weighted by atomic mass is 35.5. The van der Waals surface area contributed by atoms with Crippen LogP contribution >= 0.6 is 11.6 Å². The first-order valence-electron chi connectivity index (χ1n) is 6.15. The molecule has 0 aliphatic heterocycles. The van der Waals surface area contributed by atoms with Gasteiger partial charge in [-0.2, -0.15) is 5.26 Å². The summed E-state index contributed by atoms with van der Waals surface area (Å²) < 4.78 is 0. The van der Waals surface area contributed by atoms with Crippen LogP contribution in [-0.2, 0) is 12.4 Å². The summed E-state index contributed by atoms with van der Waals surface area (Å²) in [5.74, 6) is 0.289. The molecule has 0 atom stereocenters. The predicted octanol–water partition coefficient (Wildman–Crippen LogP) is 3.23. The van der Waals surface area contributed by atoms with E-state index in [1.165, 1.54) is 0 Å². The summed E-state index contributed by atoms with van der Waals surface area (Å²) in [5.41, 5.74) is 3.01. The first-order chi connectivity index (χ1) is 9.72. The van der Waals surface area contributed by atoms with Crippen molar-refractivity contribution in [1.82, 2.24) is 5.32 Å². The SMILES string of the molecule is N#Cc1cccc(C(=O)NCc2ccc(CCl)cc2)c1. The average Bonchev–Trinajstić information content (AvgIpc) is 2.53. The van der Waals surface area contributed by atoms with E-state index in [1.807, 2.05) is 30.3 Å². The van der Waals surface area contributed by atoms with Crippen LogP contribution in [0.4, 0.5) is 0 Å². The van der Waals surface area contributed by atoms with E-state index < -0.39 is 0 Å². The third-order valence-electron chi connectivity index (χ3n) is 2.88. The zero-order chi connectivity index (χ0) is 14.4. The average molecular weight is 285 g/mol. The Morgan fingerprint density at radius 2 is 1.85 bits per heavy atom. The monoisotopic (exact) mass is 284 g/mol. The summed E-state index contributed by atoms with van der Waals surface area (Å²) in [6.07, 6.45) is 0. The highest BCUT2D eigenvalue weighted by molar-refractivity contribution is 6.17. The number of halogens is 1. The van der Waals surface area contributed by atoms with E-state index in [4.69, 9.17) is 16.9 Å². The molecular weight excluding hydrogens is 272 g/mol. The van der Waals surface area contributed by atoms with Crippen LogP contribution in [0, 0.1) is 11.3 Å². The van der Waals surface area contributed by atoms with Gasteiger partial charge in [0.2, 0.25) is 0 Å². The predicted molar refractivity (Wildman–Crippen MR) is 78.3 cm³/mol. The minimum Gasteiger partial charge on any atom is -0.348 e. The minimum atomic E-state index is -0.191. The standard InChI is InChI=1S/C16H13ClN2O/c17-9-12-4-6-13(7-5-12)11-19-16(20)15-3-1-2-14(8-15)10-18/h1-8H,9,11H2,(H,19,20). The van der Waals surface area contributed by atoms with Gasteiger partial charge in [-0.25, -0.2) is 0 Å². The molecule has 2 aromatic carbocycles. The number of nitrogens with zero attached hydrogens (tertiary/aromatic N) is 1. The summed E-state index contributed by atoms with van der Waals surface area (Å²) in [6, 6.07) is 16.4. The van der Waals surface area contributed by atoms with E-state index in [2.05, 4.69) is 5.32 Å². The van der Waals surface area contributed by atoms with Crippen LogP contribution in [0.3, 0.4) is 0 Å². The second kappa shape index (κ2) is 6.74. The molecule has 0 bridgehead atoms. The van der Waals surface area contributed by atoms with Crippen LogP contribution in [0.25, 0.3) is 0 Å². The van der Waals surface area contributed by atoms with Gasteiger partial charge in [-0.1, -0.05) is 30.3 Å². The Morgan fingerprint density at radius 1 is 1.15 bits per heavy atom. The van der Waals surface area contributed by atoms with Gasteiger partial charge in [-0.05, 0) is 29.3 Å². The molecule has 0 spiro atoms. The molecule has 1 N–H and O–H groups in total. The van der Waals surface area contributed by atoms with Crippen LogP contribution in [-0.4, -0.2) is 5.91 Å². The van der Waals surface area contributed by atoms with Crippen molar-refractivity contribution < 1.29 is 4.79 Å². The number of rotatable bonds is 4. The summed E-state index contributed by atoms with van der Waals surface area (Å²) in [7, 11) is 0. The van der Waals surface area contributed by atoms with Crippen molar-refractivity contribution in [2.75, 3.05) is 0 Å². The second-order valence-corrected chi connectivity index (χ2v) is 4.59. The van der Waals surface area contributed by atoms with Crippen LogP contribution < -0.4 is 5.32 Å². The third-order valence-corrected chi connectivity index (χ3v) is 3.19. The molecule has 0 aromatic heterocycles. The lowest BCUT2D eigenvalue weighted by Crippen LogP contribution is -2.22. The van der Waals surface area contributed by atoms with E-state index in [9.17, 15) is 4.79 Å². The molecule has 2 aromatic rings. The molecule has 20 heavy (non-hydrogen) atoms. The molecule has 2 rings (SSSR count). The van der Waals surface area contributed by atoms with Gasteiger partial charge in [0.25, 0.3) is 5.91 Å². The molecule has 0 aliphatic carbocycles. The number of nitrogens with one attached hydrogen (secondary N) is 1. The van der Waals surface area contributed by atoms with E-state index in [0.29, 0.717) is 23.6 Å². The van der Waals surface area contributed by atoms with Crippen LogP contribution in [0.2, 0.25) is 0 Å². The lowest BCUT2D eigenvalue weighted by molar-refractivity contribution is 0.0951. The zero-order valence-corrected chi connectivity index (χ0v) is 11.5. The third kappa shape index (κ3) is 3.59. The fourth-order valence-electron chi connectivity index (χ4n) is 1.76. The number of benzene rings is 2. The molecule has 0 radical (unpaired) electrons. The first kappa shape index (κ1) is 14.1. The van der Waals surface area contributed by atoms with Crippen LogP contribution in [0.5, 0.6) is 0 Å². The van der Waals surface area contributed by atoms with Gasteiger partial charge in [-0.3, -0.25) is 4.79 Å². The topological polar surface area (TPSA) is 52.9 Å². The molecule has 0 fully saturated rings. The maximum atomic E-state index is 12.0. The van der Waals surface area contributed by atoms with Gasteiger partial charge < -0.3 is 5.32 Å². The van der Waals surface area contributed by atoms with Crippen molar-refractivity contribution in [2.24, 2.45) is 0 Å². The number of hydrogen-bond acceptors (Lipinski definition) is 2. The fraction of sp³-hybridized carbons (Fsp3) is 0.125. The Balaban J connectivity index is 1.99. The maximum Gasteiger partial charge on any atom is 0.251 e. The van der Waals surface area contributed by atoms with E-state index in [0.717, 1.165) is 11.1 Å². The quantitative estimate of drug-likeness (QED) is 0.877. The number of nitriles is 1. The number of carbonyl (C=O) groups is 1. The molecule has 3 nitrogen and oxygen atoms in total. The molecule has 0 saturated carbocycles. The summed E-state index contributed by atoms with van der Waals surface area (Å²) in [5, 5.41) is 11.6. The molecule has 1 amide bonds. The van der Waals surface area contributed by atoms with Gasteiger partial charge in [0.15, 0.2) is 0 Å². The van der Waals surface area contributed by atoms with Crippen molar-refractivity contribution >= 4 is 17.5 Å². The largest absolute Gasteiger partial charge is 0.348 e. The second-order valence-electron chi connectivity index (χ2n) is 4.33. The minimum absolute atomic E-state index is 0.191. The van der Waals surface area contributed by atoms with E-state index in [1.54, 1.807) is 24.3 Å². The summed E-state index contributed by atoms with van der Waals surface area (Å²) >= 11 is 5.72. The molecular formula is C16H13ClN2O. The molecule has 0 saturated heterocycles. The normalized spacial score (nSPS) is 9.80.